The van der Waals surface area contributed by atoms with Gasteiger partial charge in [0, 0.05) is 12.1 Å². The number of aromatic nitrogens is 3. The third-order valence-corrected chi connectivity index (χ3v) is 2.68. The zero-order valence-electron chi connectivity index (χ0n) is 9.56. The Hall–Kier alpha value is -2.38. The molecule has 0 saturated heterocycles. The fourth-order valence-electron chi connectivity index (χ4n) is 1.54. The van der Waals surface area contributed by atoms with Gasteiger partial charge in [-0.15, -0.1) is 5.10 Å². The van der Waals surface area contributed by atoms with Gasteiger partial charge in [0.15, 0.2) is 5.82 Å². The van der Waals surface area contributed by atoms with Crippen LogP contribution in [0.4, 0.5) is 14.8 Å². The zero-order valence-corrected chi connectivity index (χ0v) is 9.56. The number of nitrogens with zero attached hydrogens (tertiary/aromatic N) is 3. The first-order valence-corrected chi connectivity index (χ1v) is 5.60. The summed E-state index contributed by atoms with van der Waals surface area (Å²) in [5.74, 6) is -2.84. The standard InChI is InChI=1S/C11H8F2N4O2/c12-7-6(3-4-14-8(7)13)9(18)15-11-17-16-10(19-11)5-1-2-5/h3-5H,1-2H2,(H,15,17,18). The smallest absolute Gasteiger partial charge is 0.322 e. The molecule has 1 N–H and O–H groups in total. The van der Waals surface area contributed by atoms with Crippen molar-refractivity contribution >= 4 is 11.9 Å². The molecule has 98 valence electrons. The van der Waals surface area contributed by atoms with E-state index in [1.54, 1.807) is 0 Å². The van der Waals surface area contributed by atoms with Crippen LogP contribution >= 0.6 is 0 Å². The third-order valence-electron chi connectivity index (χ3n) is 2.68. The van der Waals surface area contributed by atoms with Crippen LogP contribution in [-0.4, -0.2) is 21.1 Å². The molecule has 0 unspecified atom stereocenters. The van der Waals surface area contributed by atoms with E-state index in [4.69, 9.17) is 4.42 Å². The van der Waals surface area contributed by atoms with E-state index in [2.05, 4.69) is 20.5 Å². The van der Waals surface area contributed by atoms with Crippen LogP contribution in [0.2, 0.25) is 0 Å². The lowest BCUT2D eigenvalue weighted by molar-refractivity contribution is 0.101. The molecule has 0 aliphatic heterocycles. The summed E-state index contributed by atoms with van der Waals surface area (Å²) in [6, 6.07) is 0.926. The van der Waals surface area contributed by atoms with Gasteiger partial charge >= 0.3 is 6.01 Å². The molecule has 1 saturated carbocycles. The van der Waals surface area contributed by atoms with Crippen molar-refractivity contribution in [2.45, 2.75) is 18.8 Å². The van der Waals surface area contributed by atoms with E-state index in [1.807, 2.05) is 0 Å². The average Bonchev–Trinajstić information content (AvgIpc) is 3.14. The van der Waals surface area contributed by atoms with Gasteiger partial charge in [-0.1, -0.05) is 5.10 Å². The van der Waals surface area contributed by atoms with Crippen LogP contribution in [0.15, 0.2) is 16.7 Å². The number of carbonyl (C=O) groups excluding carboxylic acids is 1. The largest absolute Gasteiger partial charge is 0.408 e. The zero-order chi connectivity index (χ0) is 13.4. The first kappa shape index (κ1) is 11.7. The summed E-state index contributed by atoms with van der Waals surface area (Å²) in [6.45, 7) is 0. The molecule has 1 amide bonds. The number of hydrogen-bond acceptors (Lipinski definition) is 5. The lowest BCUT2D eigenvalue weighted by Crippen LogP contribution is -2.15. The Kier molecular flexibility index (Phi) is 2.69. The number of nitrogens with one attached hydrogen (secondary N) is 1. The number of halogens is 2. The molecular weight excluding hydrogens is 258 g/mol. The predicted octanol–water partition coefficient (Wildman–Crippen LogP) is 1.87. The molecule has 1 aliphatic carbocycles. The van der Waals surface area contributed by atoms with Gasteiger partial charge in [-0.05, 0) is 18.9 Å². The Morgan fingerprint density at radius 1 is 1.37 bits per heavy atom. The quantitative estimate of drug-likeness (QED) is 0.858. The van der Waals surface area contributed by atoms with E-state index in [1.165, 1.54) is 0 Å². The normalized spacial score (nSPS) is 14.4. The summed E-state index contributed by atoms with van der Waals surface area (Å²) in [7, 11) is 0. The van der Waals surface area contributed by atoms with Crippen LogP contribution in [0.1, 0.15) is 35.0 Å². The van der Waals surface area contributed by atoms with E-state index in [0.717, 1.165) is 25.1 Å². The van der Waals surface area contributed by atoms with Gasteiger partial charge in [-0.2, -0.15) is 4.39 Å². The van der Waals surface area contributed by atoms with Gasteiger partial charge in [0.2, 0.25) is 11.8 Å². The minimum absolute atomic E-state index is 0.136. The van der Waals surface area contributed by atoms with Gasteiger partial charge in [0.1, 0.15) is 0 Å². The van der Waals surface area contributed by atoms with Crippen molar-refractivity contribution in [1.29, 1.82) is 0 Å². The Morgan fingerprint density at radius 3 is 2.89 bits per heavy atom. The SMILES string of the molecule is O=C(Nc1nnc(C2CC2)o1)c1ccnc(F)c1F. The lowest BCUT2D eigenvalue weighted by Gasteiger charge is -2.01. The van der Waals surface area contributed by atoms with E-state index >= 15 is 0 Å². The Labute approximate surface area is 105 Å². The number of hydrogen-bond donors (Lipinski definition) is 1. The van der Waals surface area contributed by atoms with Gasteiger partial charge < -0.3 is 4.42 Å². The topological polar surface area (TPSA) is 80.9 Å². The number of carbonyl (C=O) groups is 1. The van der Waals surface area contributed by atoms with E-state index in [0.29, 0.717) is 5.89 Å². The van der Waals surface area contributed by atoms with Gasteiger partial charge in [0.25, 0.3) is 5.91 Å². The minimum atomic E-state index is -1.34. The second kappa shape index (κ2) is 4.38. The average molecular weight is 266 g/mol. The molecule has 0 atom stereocenters. The van der Waals surface area contributed by atoms with E-state index in [-0.39, 0.29) is 11.9 Å². The molecule has 2 aromatic rings. The van der Waals surface area contributed by atoms with Gasteiger partial charge in [0.05, 0.1) is 5.56 Å². The van der Waals surface area contributed by atoms with Crippen molar-refractivity contribution in [2.24, 2.45) is 0 Å². The molecule has 2 aromatic heterocycles. The highest BCUT2D eigenvalue weighted by molar-refractivity contribution is 6.03. The highest BCUT2D eigenvalue weighted by Gasteiger charge is 2.29. The molecule has 0 spiro atoms. The molecule has 0 radical (unpaired) electrons. The monoisotopic (exact) mass is 266 g/mol. The number of amides is 1. The summed E-state index contributed by atoms with van der Waals surface area (Å²) in [6.07, 6.45) is 2.94. The van der Waals surface area contributed by atoms with Crippen molar-refractivity contribution in [3.8, 4) is 0 Å². The summed E-state index contributed by atoms with van der Waals surface area (Å²) >= 11 is 0. The van der Waals surface area contributed by atoms with Crippen LogP contribution in [0.5, 0.6) is 0 Å². The van der Waals surface area contributed by atoms with Crippen LogP contribution in [0.25, 0.3) is 0 Å². The van der Waals surface area contributed by atoms with Crippen LogP contribution in [-0.2, 0) is 0 Å². The van der Waals surface area contributed by atoms with Crippen molar-refractivity contribution in [2.75, 3.05) is 5.32 Å². The predicted molar refractivity (Wildman–Crippen MR) is 58.4 cm³/mol. The van der Waals surface area contributed by atoms with Crippen LogP contribution in [0.3, 0.4) is 0 Å². The number of pyridine rings is 1. The third kappa shape index (κ3) is 2.28. The number of rotatable bonds is 3. The molecule has 0 aromatic carbocycles. The fraction of sp³-hybridized carbons (Fsp3) is 0.273. The fourth-order valence-corrected chi connectivity index (χ4v) is 1.54. The summed E-state index contributed by atoms with van der Waals surface area (Å²) in [5.41, 5.74) is -0.473. The summed E-state index contributed by atoms with van der Waals surface area (Å²) < 4.78 is 31.4. The van der Waals surface area contributed by atoms with Crippen molar-refractivity contribution in [3.63, 3.8) is 0 Å². The number of anilines is 1. The molecule has 1 aliphatic rings. The second-order valence-corrected chi connectivity index (χ2v) is 4.14. The van der Waals surface area contributed by atoms with Crippen molar-refractivity contribution in [1.82, 2.24) is 15.2 Å². The highest BCUT2D eigenvalue weighted by Crippen LogP contribution is 2.39. The Morgan fingerprint density at radius 2 is 2.16 bits per heavy atom. The lowest BCUT2D eigenvalue weighted by atomic mass is 10.2. The van der Waals surface area contributed by atoms with Crippen LogP contribution in [0, 0.1) is 11.8 Å². The maximum absolute atomic E-state index is 13.3. The summed E-state index contributed by atoms with van der Waals surface area (Å²) in [4.78, 5) is 14.8. The van der Waals surface area contributed by atoms with Crippen LogP contribution < -0.4 is 5.32 Å². The van der Waals surface area contributed by atoms with Gasteiger partial charge in [-0.25, -0.2) is 9.37 Å². The van der Waals surface area contributed by atoms with E-state index < -0.39 is 23.2 Å². The first-order valence-electron chi connectivity index (χ1n) is 5.60. The Bertz CT molecular complexity index is 639. The second-order valence-electron chi connectivity index (χ2n) is 4.14. The van der Waals surface area contributed by atoms with Crippen molar-refractivity contribution in [3.05, 3.63) is 35.5 Å². The Balaban J connectivity index is 1.78. The van der Waals surface area contributed by atoms with E-state index in [9.17, 15) is 13.6 Å². The summed E-state index contributed by atoms with van der Waals surface area (Å²) in [5, 5.41) is 9.58. The van der Waals surface area contributed by atoms with Gasteiger partial charge in [-0.3, -0.25) is 10.1 Å². The molecule has 8 heteroatoms. The first-order chi connectivity index (χ1) is 9.15. The molecule has 2 heterocycles. The minimum Gasteiger partial charge on any atom is -0.408 e. The molecular formula is C11H8F2N4O2. The van der Waals surface area contributed by atoms with Crippen molar-refractivity contribution < 1.29 is 18.0 Å². The highest BCUT2D eigenvalue weighted by atomic mass is 19.2. The molecule has 3 rings (SSSR count). The molecule has 19 heavy (non-hydrogen) atoms. The maximum Gasteiger partial charge on any atom is 0.322 e. The molecule has 0 bridgehead atoms. The molecule has 6 nitrogen and oxygen atoms in total. The maximum atomic E-state index is 13.3. The molecule has 1 fully saturated rings.